The van der Waals surface area contributed by atoms with E-state index in [4.69, 9.17) is 0 Å². The number of thioether (sulfide) groups is 1. The van der Waals surface area contributed by atoms with Crippen molar-refractivity contribution in [3.8, 4) is 0 Å². The zero-order valence-corrected chi connectivity index (χ0v) is 11.0. The molecule has 94 valence electrons. The van der Waals surface area contributed by atoms with Crippen LogP contribution in [0.3, 0.4) is 0 Å². The minimum Gasteiger partial charge on any atom is -0.355 e. The average Bonchev–Trinajstić information content (AvgIpc) is 2.68. The average molecular weight is 260 g/mol. The summed E-state index contributed by atoms with van der Waals surface area (Å²) in [5.41, 5.74) is 2.34. The molecule has 18 heavy (non-hydrogen) atoms. The molecule has 1 N–H and O–H groups in total. The second-order valence-electron chi connectivity index (χ2n) is 4.70. The highest BCUT2D eigenvalue weighted by atomic mass is 32.2. The number of fused-ring (bicyclic) bond motifs is 1. The molecule has 1 aromatic carbocycles. The summed E-state index contributed by atoms with van der Waals surface area (Å²) < 4.78 is 0. The number of nitrogens with one attached hydrogen (secondary N) is 1. The van der Waals surface area contributed by atoms with Gasteiger partial charge in [-0.15, -0.1) is 0 Å². The first-order valence-corrected chi connectivity index (χ1v) is 7.31. The molecular formula is C14H16N2OS. The van der Waals surface area contributed by atoms with Gasteiger partial charge in [0.15, 0.2) is 0 Å². The van der Waals surface area contributed by atoms with Crippen LogP contribution in [0.4, 0.5) is 5.69 Å². The van der Waals surface area contributed by atoms with Crippen LogP contribution in [0.5, 0.6) is 0 Å². The van der Waals surface area contributed by atoms with Crippen LogP contribution < -0.4 is 5.32 Å². The van der Waals surface area contributed by atoms with Gasteiger partial charge in [-0.3, -0.25) is 4.79 Å². The minimum atomic E-state index is 0.0422. The van der Waals surface area contributed by atoms with Gasteiger partial charge in [-0.25, -0.2) is 4.99 Å². The van der Waals surface area contributed by atoms with Crippen LogP contribution in [-0.2, 0) is 11.2 Å². The number of para-hydroxylation sites is 1. The minimum absolute atomic E-state index is 0.0422. The third kappa shape index (κ3) is 2.43. The summed E-state index contributed by atoms with van der Waals surface area (Å²) in [7, 11) is 0. The van der Waals surface area contributed by atoms with Crippen molar-refractivity contribution in [2.24, 2.45) is 4.99 Å². The van der Waals surface area contributed by atoms with Gasteiger partial charge in [0.05, 0.1) is 16.0 Å². The number of hydrogen-bond acceptors (Lipinski definition) is 3. The first-order valence-electron chi connectivity index (χ1n) is 6.43. The maximum atomic E-state index is 11.9. The van der Waals surface area contributed by atoms with Gasteiger partial charge in [-0.05, 0) is 24.5 Å². The Labute approximate surface area is 111 Å². The van der Waals surface area contributed by atoms with E-state index in [1.165, 1.54) is 5.56 Å². The number of nitrogens with zero attached hydrogens (tertiary/aromatic N) is 1. The second kappa shape index (κ2) is 5.14. The van der Waals surface area contributed by atoms with Gasteiger partial charge in [-0.1, -0.05) is 36.4 Å². The molecule has 1 amide bonds. The lowest BCUT2D eigenvalue weighted by atomic mass is 10.2. The first kappa shape index (κ1) is 11.8. The Balaban J connectivity index is 1.69. The molecule has 4 heteroatoms. The van der Waals surface area contributed by atoms with Crippen molar-refractivity contribution in [3.63, 3.8) is 0 Å². The SMILES string of the molecule is O=C1NCCCCC1SC1=Nc2ccccc2C1. The molecule has 0 bridgehead atoms. The molecule has 2 aliphatic rings. The standard InChI is InChI=1S/C14H16N2OS/c17-14-12(7-3-4-8-15-14)18-13-9-10-5-1-2-6-11(10)16-13/h1-2,5-6,12H,3-4,7-9H2,(H,15,17). The predicted octanol–water partition coefficient (Wildman–Crippen LogP) is 2.67. The highest BCUT2D eigenvalue weighted by molar-refractivity contribution is 8.15. The molecule has 1 aromatic rings. The monoisotopic (exact) mass is 260 g/mol. The van der Waals surface area contributed by atoms with Gasteiger partial charge in [0, 0.05) is 13.0 Å². The molecular weight excluding hydrogens is 244 g/mol. The normalized spacial score (nSPS) is 23.0. The fraction of sp³-hybridized carbons (Fsp3) is 0.429. The number of benzene rings is 1. The van der Waals surface area contributed by atoms with E-state index in [2.05, 4.69) is 16.4 Å². The van der Waals surface area contributed by atoms with E-state index in [0.29, 0.717) is 0 Å². The molecule has 1 atom stereocenters. The smallest absolute Gasteiger partial charge is 0.233 e. The number of hydrogen-bond donors (Lipinski definition) is 1. The molecule has 1 unspecified atom stereocenters. The fourth-order valence-electron chi connectivity index (χ4n) is 2.36. The lowest BCUT2D eigenvalue weighted by Crippen LogP contribution is -2.31. The fourth-order valence-corrected chi connectivity index (χ4v) is 3.56. The van der Waals surface area contributed by atoms with Crippen LogP contribution >= 0.6 is 11.8 Å². The molecule has 0 spiro atoms. The van der Waals surface area contributed by atoms with Gasteiger partial charge in [0.2, 0.25) is 5.91 Å². The van der Waals surface area contributed by atoms with E-state index in [1.54, 1.807) is 11.8 Å². The summed E-state index contributed by atoms with van der Waals surface area (Å²) in [4.78, 5) is 16.5. The van der Waals surface area contributed by atoms with Crippen molar-refractivity contribution < 1.29 is 4.79 Å². The summed E-state index contributed by atoms with van der Waals surface area (Å²) in [5.74, 6) is 0.177. The van der Waals surface area contributed by atoms with Gasteiger partial charge < -0.3 is 5.32 Å². The van der Waals surface area contributed by atoms with Crippen molar-refractivity contribution in [2.75, 3.05) is 6.54 Å². The van der Waals surface area contributed by atoms with Crippen molar-refractivity contribution in [1.29, 1.82) is 0 Å². The van der Waals surface area contributed by atoms with E-state index in [0.717, 1.165) is 43.0 Å². The van der Waals surface area contributed by atoms with Crippen LogP contribution in [0, 0.1) is 0 Å². The quantitative estimate of drug-likeness (QED) is 0.843. The zero-order chi connectivity index (χ0) is 12.4. The van der Waals surface area contributed by atoms with Gasteiger partial charge >= 0.3 is 0 Å². The van der Waals surface area contributed by atoms with Crippen LogP contribution in [-0.4, -0.2) is 22.7 Å². The molecule has 0 radical (unpaired) electrons. The molecule has 0 saturated carbocycles. The summed E-state index contributed by atoms with van der Waals surface area (Å²) >= 11 is 1.64. The van der Waals surface area contributed by atoms with E-state index < -0.39 is 0 Å². The summed E-state index contributed by atoms with van der Waals surface area (Å²) in [6.07, 6.45) is 4.06. The number of aliphatic imine (C=N–C) groups is 1. The number of rotatable bonds is 1. The highest BCUT2D eigenvalue weighted by Gasteiger charge is 2.25. The van der Waals surface area contributed by atoms with Crippen LogP contribution in [0.15, 0.2) is 29.3 Å². The largest absolute Gasteiger partial charge is 0.355 e. The Morgan fingerprint density at radius 1 is 1.28 bits per heavy atom. The molecule has 1 saturated heterocycles. The molecule has 3 rings (SSSR count). The Morgan fingerprint density at radius 3 is 3.06 bits per heavy atom. The summed E-state index contributed by atoms with van der Waals surface area (Å²) in [5, 5.41) is 4.10. The Hall–Kier alpha value is -1.29. The lowest BCUT2D eigenvalue weighted by Gasteiger charge is -2.11. The number of amides is 1. The van der Waals surface area contributed by atoms with Gasteiger partial charge in [-0.2, -0.15) is 0 Å². The lowest BCUT2D eigenvalue weighted by molar-refractivity contribution is -0.120. The molecule has 0 aromatic heterocycles. The molecule has 2 aliphatic heterocycles. The van der Waals surface area contributed by atoms with E-state index >= 15 is 0 Å². The maximum Gasteiger partial charge on any atom is 0.233 e. The number of carbonyl (C=O) groups excluding carboxylic acids is 1. The van der Waals surface area contributed by atoms with Crippen LogP contribution in [0.1, 0.15) is 24.8 Å². The third-order valence-electron chi connectivity index (χ3n) is 3.34. The van der Waals surface area contributed by atoms with E-state index in [-0.39, 0.29) is 11.2 Å². The van der Waals surface area contributed by atoms with Crippen LogP contribution in [0.2, 0.25) is 0 Å². The second-order valence-corrected chi connectivity index (χ2v) is 5.98. The van der Waals surface area contributed by atoms with Gasteiger partial charge in [0.1, 0.15) is 0 Å². The Bertz CT molecular complexity index is 498. The molecule has 3 nitrogen and oxygen atoms in total. The van der Waals surface area contributed by atoms with Crippen molar-refractivity contribution >= 4 is 28.4 Å². The topological polar surface area (TPSA) is 41.5 Å². The zero-order valence-electron chi connectivity index (χ0n) is 10.2. The third-order valence-corrected chi connectivity index (χ3v) is 4.58. The maximum absolute atomic E-state index is 11.9. The summed E-state index contributed by atoms with van der Waals surface area (Å²) in [6, 6.07) is 8.20. The van der Waals surface area contributed by atoms with Crippen molar-refractivity contribution in [1.82, 2.24) is 5.32 Å². The van der Waals surface area contributed by atoms with Crippen molar-refractivity contribution in [3.05, 3.63) is 29.8 Å². The van der Waals surface area contributed by atoms with Crippen LogP contribution in [0.25, 0.3) is 0 Å². The van der Waals surface area contributed by atoms with Crippen molar-refractivity contribution in [2.45, 2.75) is 30.9 Å². The number of carbonyl (C=O) groups is 1. The Kier molecular flexibility index (Phi) is 3.37. The van der Waals surface area contributed by atoms with Gasteiger partial charge in [0.25, 0.3) is 0 Å². The Morgan fingerprint density at radius 2 is 2.17 bits per heavy atom. The predicted molar refractivity (Wildman–Crippen MR) is 75.5 cm³/mol. The molecule has 2 heterocycles. The first-order chi connectivity index (χ1) is 8.83. The summed E-state index contributed by atoms with van der Waals surface area (Å²) in [6.45, 7) is 0.822. The van der Waals surface area contributed by atoms with E-state index in [9.17, 15) is 4.79 Å². The van der Waals surface area contributed by atoms with E-state index in [1.807, 2.05) is 18.2 Å². The molecule has 0 aliphatic carbocycles. The highest BCUT2D eigenvalue weighted by Crippen LogP contribution is 2.32. The molecule has 1 fully saturated rings.